The van der Waals surface area contributed by atoms with E-state index < -0.39 is 0 Å². The van der Waals surface area contributed by atoms with Crippen LogP contribution in [-0.4, -0.2) is 25.0 Å². The third-order valence-corrected chi connectivity index (χ3v) is 3.66. The Bertz CT molecular complexity index is 468. The molecule has 2 aliphatic rings. The number of anilines is 2. The molecule has 0 saturated heterocycles. The zero-order chi connectivity index (χ0) is 12.5. The summed E-state index contributed by atoms with van der Waals surface area (Å²) in [7, 11) is 0. The number of nitrogens with two attached hydrogens (primary N) is 1. The fourth-order valence-electron chi connectivity index (χ4n) is 2.57. The summed E-state index contributed by atoms with van der Waals surface area (Å²) in [5.41, 5.74) is 9.17. The Labute approximate surface area is 107 Å². The van der Waals surface area contributed by atoms with Crippen LogP contribution in [0.5, 0.6) is 0 Å². The fourth-order valence-corrected chi connectivity index (χ4v) is 2.57. The predicted molar refractivity (Wildman–Crippen MR) is 72.6 cm³/mol. The molecule has 0 bridgehead atoms. The second-order valence-corrected chi connectivity index (χ2v) is 5.21. The number of amides is 1. The molecule has 1 saturated carbocycles. The maximum Gasteiger partial charge on any atom is 0.239 e. The van der Waals surface area contributed by atoms with Crippen molar-refractivity contribution in [3.63, 3.8) is 0 Å². The maximum absolute atomic E-state index is 11.9. The minimum atomic E-state index is 0.132. The Balaban J connectivity index is 1.74. The van der Waals surface area contributed by atoms with Crippen LogP contribution in [0.4, 0.5) is 11.4 Å². The van der Waals surface area contributed by atoms with E-state index in [1.54, 1.807) is 0 Å². The average molecular weight is 245 g/mol. The molecule has 1 aliphatic heterocycles. The van der Waals surface area contributed by atoms with Crippen LogP contribution in [0.1, 0.15) is 24.8 Å². The molecule has 1 amide bonds. The van der Waals surface area contributed by atoms with E-state index in [0.717, 1.165) is 43.6 Å². The summed E-state index contributed by atoms with van der Waals surface area (Å²) in [5, 5.41) is 3.03. The van der Waals surface area contributed by atoms with Gasteiger partial charge in [0.1, 0.15) is 0 Å². The highest BCUT2D eigenvalue weighted by Crippen LogP contribution is 2.31. The van der Waals surface area contributed by atoms with Gasteiger partial charge in [-0.1, -0.05) is 6.07 Å². The summed E-state index contributed by atoms with van der Waals surface area (Å²) in [4.78, 5) is 14.0. The van der Waals surface area contributed by atoms with E-state index in [1.807, 2.05) is 12.1 Å². The number of hydrogen-bond acceptors (Lipinski definition) is 3. The van der Waals surface area contributed by atoms with Crippen LogP contribution in [-0.2, 0) is 11.2 Å². The van der Waals surface area contributed by atoms with Gasteiger partial charge in [0.15, 0.2) is 0 Å². The first-order chi connectivity index (χ1) is 8.74. The molecule has 3 N–H and O–H groups in total. The molecule has 1 aromatic carbocycles. The van der Waals surface area contributed by atoms with Crippen molar-refractivity contribution in [3.05, 3.63) is 23.8 Å². The first-order valence-corrected chi connectivity index (χ1v) is 6.66. The van der Waals surface area contributed by atoms with Crippen LogP contribution in [0.3, 0.4) is 0 Å². The molecule has 1 fully saturated rings. The lowest BCUT2D eigenvalue weighted by atomic mass is 10.00. The third-order valence-electron chi connectivity index (χ3n) is 3.66. The number of hydrogen-bond donors (Lipinski definition) is 2. The highest BCUT2D eigenvalue weighted by atomic mass is 16.2. The molecule has 4 heteroatoms. The number of rotatable bonds is 3. The van der Waals surface area contributed by atoms with Crippen LogP contribution in [0.25, 0.3) is 0 Å². The Hall–Kier alpha value is -1.71. The van der Waals surface area contributed by atoms with Gasteiger partial charge in [-0.2, -0.15) is 0 Å². The molecule has 3 rings (SSSR count). The number of nitrogens with zero attached hydrogens (tertiary/aromatic N) is 1. The molecular weight excluding hydrogens is 226 g/mol. The van der Waals surface area contributed by atoms with Gasteiger partial charge < -0.3 is 16.0 Å². The largest absolute Gasteiger partial charge is 0.398 e. The monoisotopic (exact) mass is 245 g/mol. The van der Waals surface area contributed by atoms with Gasteiger partial charge in [-0.05, 0) is 43.4 Å². The van der Waals surface area contributed by atoms with Gasteiger partial charge in [0.05, 0.1) is 6.54 Å². The van der Waals surface area contributed by atoms with Gasteiger partial charge in [0.2, 0.25) is 5.91 Å². The molecule has 0 unspecified atom stereocenters. The summed E-state index contributed by atoms with van der Waals surface area (Å²) in [6.07, 6.45) is 4.35. The summed E-state index contributed by atoms with van der Waals surface area (Å²) in [6, 6.07) is 6.40. The smallest absolute Gasteiger partial charge is 0.239 e. The molecule has 0 spiro atoms. The minimum Gasteiger partial charge on any atom is -0.398 e. The number of fused-ring (bicyclic) bond motifs is 1. The lowest BCUT2D eigenvalue weighted by molar-refractivity contribution is -0.119. The van der Waals surface area contributed by atoms with Crippen LogP contribution < -0.4 is 16.0 Å². The van der Waals surface area contributed by atoms with Crippen molar-refractivity contribution < 1.29 is 4.79 Å². The second kappa shape index (κ2) is 4.52. The molecule has 96 valence electrons. The molecular formula is C14H19N3O. The number of carbonyl (C=O) groups excluding carboxylic acids is 1. The first-order valence-electron chi connectivity index (χ1n) is 6.66. The standard InChI is InChI=1S/C14H19N3O/c15-12-4-1-5-13-11(12)3-2-8-17(13)9-14(18)16-10-6-7-10/h1,4-5,10H,2-3,6-9,15H2,(H,16,18). The van der Waals surface area contributed by atoms with E-state index in [-0.39, 0.29) is 5.91 Å². The summed E-state index contributed by atoms with van der Waals surface area (Å²) >= 11 is 0. The Morgan fingerprint density at radius 2 is 2.28 bits per heavy atom. The number of benzene rings is 1. The summed E-state index contributed by atoms with van der Waals surface area (Å²) in [6.45, 7) is 1.39. The van der Waals surface area contributed by atoms with E-state index in [1.165, 1.54) is 5.56 Å². The Morgan fingerprint density at radius 1 is 1.44 bits per heavy atom. The minimum absolute atomic E-state index is 0.132. The van der Waals surface area contributed by atoms with E-state index in [4.69, 9.17) is 5.73 Å². The van der Waals surface area contributed by atoms with Crippen molar-refractivity contribution in [3.8, 4) is 0 Å². The Kier molecular flexibility index (Phi) is 2.86. The quantitative estimate of drug-likeness (QED) is 0.789. The lowest BCUT2D eigenvalue weighted by Crippen LogP contribution is -2.40. The molecule has 0 radical (unpaired) electrons. The van der Waals surface area contributed by atoms with Gasteiger partial charge >= 0.3 is 0 Å². The first kappa shape index (κ1) is 11.4. The summed E-state index contributed by atoms with van der Waals surface area (Å²) in [5.74, 6) is 0.132. The van der Waals surface area contributed by atoms with Gasteiger partial charge in [-0.3, -0.25) is 4.79 Å². The van der Waals surface area contributed by atoms with Crippen molar-refractivity contribution in [2.75, 3.05) is 23.7 Å². The van der Waals surface area contributed by atoms with E-state index in [9.17, 15) is 4.79 Å². The molecule has 0 aromatic heterocycles. The van der Waals surface area contributed by atoms with Crippen LogP contribution in [0, 0.1) is 0 Å². The lowest BCUT2D eigenvalue weighted by Gasteiger charge is -2.31. The molecule has 18 heavy (non-hydrogen) atoms. The maximum atomic E-state index is 11.9. The van der Waals surface area contributed by atoms with Crippen LogP contribution >= 0.6 is 0 Å². The van der Waals surface area contributed by atoms with Crippen molar-refractivity contribution in [1.29, 1.82) is 0 Å². The van der Waals surface area contributed by atoms with Gasteiger partial charge in [0, 0.05) is 24.0 Å². The Morgan fingerprint density at radius 3 is 3.06 bits per heavy atom. The van der Waals surface area contributed by atoms with Gasteiger partial charge in [-0.25, -0.2) is 0 Å². The molecule has 0 atom stereocenters. The average Bonchev–Trinajstić information content (AvgIpc) is 3.14. The zero-order valence-corrected chi connectivity index (χ0v) is 10.5. The number of nitrogens with one attached hydrogen (secondary N) is 1. The van der Waals surface area contributed by atoms with Crippen LogP contribution in [0.2, 0.25) is 0 Å². The van der Waals surface area contributed by atoms with Crippen molar-refractivity contribution in [2.45, 2.75) is 31.7 Å². The molecule has 1 heterocycles. The van der Waals surface area contributed by atoms with E-state index in [2.05, 4.69) is 16.3 Å². The van der Waals surface area contributed by atoms with Crippen molar-refractivity contribution in [1.82, 2.24) is 5.32 Å². The highest BCUT2D eigenvalue weighted by Gasteiger charge is 2.25. The molecule has 1 aliphatic carbocycles. The number of nitrogen functional groups attached to an aromatic ring is 1. The van der Waals surface area contributed by atoms with E-state index in [0.29, 0.717) is 12.6 Å². The second-order valence-electron chi connectivity index (χ2n) is 5.21. The fraction of sp³-hybridized carbons (Fsp3) is 0.500. The van der Waals surface area contributed by atoms with Crippen molar-refractivity contribution >= 4 is 17.3 Å². The third kappa shape index (κ3) is 2.28. The molecule has 1 aromatic rings. The van der Waals surface area contributed by atoms with E-state index >= 15 is 0 Å². The van der Waals surface area contributed by atoms with Gasteiger partial charge in [0.25, 0.3) is 0 Å². The van der Waals surface area contributed by atoms with Crippen LogP contribution in [0.15, 0.2) is 18.2 Å². The number of carbonyl (C=O) groups is 1. The van der Waals surface area contributed by atoms with Crippen molar-refractivity contribution in [2.24, 2.45) is 0 Å². The zero-order valence-electron chi connectivity index (χ0n) is 10.5. The SMILES string of the molecule is Nc1cccc2c1CCCN2CC(=O)NC1CC1. The topological polar surface area (TPSA) is 58.4 Å². The van der Waals surface area contributed by atoms with Gasteiger partial charge in [-0.15, -0.1) is 0 Å². The molecule has 4 nitrogen and oxygen atoms in total. The normalized spacial score (nSPS) is 18.3. The predicted octanol–water partition coefficient (Wildman–Crippen LogP) is 1.30. The highest BCUT2D eigenvalue weighted by molar-refractivity contribution is 5.83. The summed E-state index contributed by atoms with van der Waals surface area (Å²) < 4.78 is 0.